The number of allylic oxidation sites excluding steroid dienone is 6. The number of nitrogens with zero attached hydrogens (tertiary/aromatic N) is 1. The van der Waals surface area contributed by atoms with Gasteiger partial charge in [-0.25, -0.2) is 4.99 Å². The molecule has 4 aliphatic rings. The third kappa shape index (κ3) is 4.36. The van der Waals surface area contributed by atoms with Crippen molar-refractivity contribution < 1.29 is 0 Å². The Labute approximate surface area is 254 Å². The number of benzene rings is 4. The van der Waals surface area contributed by atoms with Gasteiger partial charge in [0.25, 0.3) is 0 Å². The third-order valence-corrected chi connectivity index (χ3v) is 9.73. The molecule has 2 heteroatoms. The molecule has 3 aliphatic carbocycles. The van der Waals surface area contributed by atoms with E-state index in [1.807, 2.05) is 0 Å². The Kier molecular flexibility index (Phi) is 5.84. The van der Waals surface area contributed by atoms with Crippen molar-refractivity contribution in [3.05, 3.63) is 160 Å². The van der Waals surface area contributed by atoms with Crippen LogP contribution in [0.15, 0.2) is 138 Å². The van der Waals surface area contributed by atoms with Crippen molar-refractivity contribution in [2.24, 2.45) is 16.8 Å². The first-order valence-electron chi connectivity index (χ1n) is 15.4. The Morgan fingerprint density at radius 3 is 2.33 bits per heavy atom. The maximum absolute atomic E-state index is 5.30. The van der Waals surface area contributed by atoms with Gasteiger partial charge in [0.1, 0.15) is 5.84 Å². The lowest BCUT2D eigenvalue weighted by atomic mass is 9.79. The summed E-state index contributed by atoms with van der Waals surface area (Å²) in [7, 11) is 0. The smallest absolute Gasteiger partial charge is 0.134 e. The summed E-state index contributed by atoms with van der Waals surface area (Å²) < 4.78 is 0. The van der Waals surface area contributed by atoms with Crippen LogP contribution in [0, 0.1) is 18.8 Å². The molecule has 210 valence electrons. The molecule has 1 heterocycles. The molecule has 2 nitrogen and oxygen atoms in total. The minimum atomic E-state index is -0.0551. The molecule has 0 amide bonds. The van der Waals surface area contributed by atoms with Crippen molar-refractivity contribution in [1.82, 2.24) is 5.32 Å². The highest BCUT2D eigenvalue weighted by Gasteiger charge is 2.35. The Balaban J connectivity index is 1.23. The summed E-state index contributed by atoms with van der Waals surface area (Å²) in [5.74, 6) is 1.73. The van der Waals surface area contributed by atoms with E-state index in [0.29, 0.717) is 11.8 Å². The summed E-state index contributed by atoms with van der Waals surface area (Å²) in [5, 5.41) is 6.30. The van der Waals surface area contributed by atoms with Crippen LogP contribution in [0.1, 0.15) is 48.6 Å². The van der Waals surface area contributed by atoms with Crippen molar-refractivity contribution in [1.29, 1.82) is 0 Å². The molecule has 0 spiro atoms. The summed E-state index contributed by atoms with van der Waals surface area (Å²) in [4.78, 5) is 5.30. The van der Waals surface area contributed by atoms with Gasteiger partial charge in [-0.2, -0.15) is 0 Å². The molecule has 4 aromatic carbocycles. The lowest BCUT2D eigenvalue weighted by molar-refractivity contribution is 0.639. The molecule has 1 N–H and O–H groups in total. The standard InChI is InChI=1S/C41H36N2/c1-25-9-11-29-21-31(15-13-27(29)19-25)38-24-39(43-40(42-38)33-16-14-28-20-26(2)10-12-30(28)22-33)32-17-18-35-34-7-5-6-8-36(34)41(3,4)37(35)23-32/h5-24,27,29,38H,1-4H3,(H,42,43). The van der Waals surface area contributed by atoms with E-state index in [1.54, 1.807) is 0 Å². The Morgan fingerprint density at radius 1 is 0.674 bits per heavy atom. The second-order valence-corrected chi connectivity index (χ2v) is 13.1. The van der Waals surface area contributed by atoms with Gasteiger partial charge < -0.3 is 5.32 Å². The molecule has 0 radical (unpaired) electrons. The first-order valence-corrected chi connectivity index (χ1v) is 15.4. The largest absolute Gasteiger partial charge is 0.359 e. The van der Waals surface area contributed by atoms with E-state index >= 15 is 0 Å². The maximum atomic E-state index is 5.30. The molecule has 0 fully saturated rings. The van der Waals surface area contributed by atoms with Crippen molar-refractivity contribution >= 4 is 22.3 Å². The van der Waals surface area contributed by atoms with Gasteiger partial charge in [-0.1, -0.05) is 128 Å². The first-order chi connectivity index (χ1) is 20.8. The normalized spacial score (nSPS) is 22.9. The predicted octanol–water partition coefficient (Wildman–Crippen LogP) is 9.46. The highest BCUT2D eigenvalue weighted by Crippen LogP contribution is 2.49. The fraction of sp³-hybridized carbons (Fsp3) is 0.195. The molecule has 3 atom stereocenters. The fourth-order valence-electron chi connectivity index (χ4n) is 7.32. The number of aryl methyl sites for hydroxylation is 1. The SMILES string of the molecule is CC1=CC2C=CC(C3C=C(c4ccc5c(c4)C(C)(C)c4ccccc4-5)N=C(c4ccc5cc(C)ccc5c4)N3)=CC2C=C1. The molecule has 1 aliphatic heterocycles. The lowest BCUT2D eigenvalue weighted by Crippen LogP contribution is -2.38. The number of amidine groups is 1. The number of fused-ring (bicyclic) bond motifs is 5. The minimum Gasteiger partial charge on any atom is -0.359 e. The van der Waals surface area contributed by atoms with Crippen LogP contribution in [0.3, 0.4) is 0 Å². The van der Waals surface area contributed by atoms with Crippen LogP contribution < -0.4 is 5.32 Å². The average molecular weight is 557 g/mol. The summed E-state index contributed by atoms with van der Waals surface area (Å²) in [5.41, 5.74) is 12.6. The maximum Gasteiger partial charge on any atom is 0.134 e. The van der Waals surface area contributed by atoms with Crippen LogP contribution in [0.2, 0.25) is 0 Å². The topological polar surface area (TPSA) is 24.4 Å². The van der Waals surface area contributed by atoms with E-state index in [1.165, 1.54) is 49.7 Å². The molecule has 0 aromatic heterocycles. The number of aliphatic imine (C=N–C) groups is 1. The van der Waals surface area contributed by atoms with Crippen LogP contribution in [0.5, 0.6) is 0 Å². The zero-order valence-electron chi connectivity index (χ0n) is 25.2. The van der Waals surface area contributed by atoms with Gasteiger partial charge >= 0.3 is 0 Å². The Morgan fingerprint density at radius 2 is 1.42 bits per heavy atom. The van der Waals surface area contributed by atoms with E-state index in [4.69, 9.17) is 4.99 Å². The van der Waals surface area contributed by atoms with Crippen LogP contribution in [-0.2, 0) is 5.41 Å². The second-order valence-electron chi connectivity index (χ2n) is 13.1. The van der Waals surface area contributed by atoms with Gasteiger partial charge in [-0.05, 0) is 70.7 Å². The first kappa shape index (κ1) is 26.0. The number of hydrogen-bond acceptors (Lipinski definition) is 2. The van der Waals surface area contributed by atoms with E-state index in [-0.39, 0.29) is 11.5 Å². The summed E-state index contributed by atoms with van der Waals surface area (Å²) >= 11 is 0. The van der Waals surface area contributed by atoms with Crippen molar-refractivity contribution in [2.75, 3.05) is 0 Å². The van der Waals surface area contributed by atoms with Gasteiger partial charge in [-0.3, -0.25) is 0 Å². The zero-order valence-corrected chi connectivity index (χ0v) is 25.2. The monoisotopic (exact) mass is 556 g/mol. The van der Waals surface area contributed by atoms with Gasteiger partial charge in [-0.15, -0.1) is 0 Å². The number of hydrogen-bond donors (Lipinski definition) is 1. The van der Waals surface area contributed by atoms with Crippen molar-refractivity contribution in [2.45, 2.75) is 39.2 Å². The van der Waals surface area contributed by atoms with E-state index in [2.05, 4.69) is 154 Å². The van der Waals surface area contributed by atoms with Crippen LogP contribution >= 0.6 is 0 Å². The average Bonchev–Trinajstić information content (AvgIpc) is 3.26. The molecule has 0 saturated carbocycles. The molecule has 0 saturated heterocycles. The number of rotatable bonds is 3. The quantitative estimate of drug-likeness (QED) is 0.267. The van der Waals surface area contributed by atoms with Gasteiger partial charge in [0.2, 0.25) is 0 Å². The molecular weight excluding hydrogens is 520 g/mol. The van der Waals surface area contributed by atoms with E-state index in [9.17, 15) is 0 Å². The molecule has 8 rings (SSSR count). The Hall–Kier alpha value is -4.69. The molecular formula is C41H36N2. The number of nitrogens with one attached hydrogen (secondary N) is 1. The van der Waals surface area contributed by atoms with Gasteiger partial charge in [0, 0.05) is 28.4 Å². The van der Waals surface area contributed by atoms with Gasteiger partial charge in [0.05, 0.1) is 11.7 Å². The van der Waals surface area contributed by atoms with Crippen LogP contribution in [0.25, 0.3) is 27.6 Å². The zero-order chi connectivity index (χ0) is 29.3. The van der Waals surface area contributed by atoms with Crippen molar-refractivity contribution in [3.63, 3.8) is 0 Å². The highest BCUT2D eigenvalue weighted by atomic mass is 15.0. The van der Waals surface area contributed by atoms with Crippen LogP contribution in [-0.4, -0.2) is 11.9 Å². The van der Waals surface area contributed by atoms with E-state index in [0.717, 1.165) is 22.7 Å². The summed E-state index contributed by atoms with van der Waals surface area (Å²) in [6.45, 7) is 9.01. The lowest BCUT2D eigenvalue weighted by Gasteiger charge is -2.30. The minimum absolute atomic E-state index is 0.0206. The van der Waals surface area contributed by atoms with Crippen LogP contribution in [0.4, 0.5) is 0 Å². The van der Waals surface area contributed by atoms with Gasteiger partial charge in [0.15, 0.2) is 0 Å². The van der Waals surface area contributed by atoms with E-state index < -0.39 is 0 Å². The molecule has 0 bridgehead atoms. The Bertz CT molecular complexity index is 2010. The summed E-state index contributed by atoms with van der Waals surface area (Å²) in [6, 6.07) is 29.1. The highest BCUT2D eigenvalue weighted by molar-refractivity contribution is 6.06. The molecule has 4 aromatic rings. The fourth-order valence-corrected chi connectivity index (χ4v) is 7.32. The van der Waals surface area contributed by atoms with Crippen molar-refractivity contribution in [3.8, 4) is 11.1 Å². The molecule has 43 heavy (non-hydrogen) atoms. The third-order valence-electron chi connectivity index (χ3n) is 9.73. The molecule has 3 unspecified atom stereocenters. The second kappa shape index (κ2) is 9.67. The summed E-state index contributed by atoms with van der Waals surface area (Å²) in [6.07, 6.45) is 16.4. The predicted molar refractivity (Wildman–Crippen MR) is 181 cm³/mol.